The zero-order valence-electron chi connectivity index (χ0n) is 18.3. The SMILES string of the molecule is COc1ccc(C(=O)OCC(=O)c2c(C)[nH]c3ccccc23)cc1S(=O)(=O)N1CCOCC1. The molecule has 0 atom stereocenters. The van der Waals surface area contributed by atoms with Crippen LogP contribution in [0.2, 0.25) is 0 Å². The van der Waals surface area contributed by atoms with E-state index in [1.807, 2.05) is 24.3 Å². The lowest BCUT2D eigenvalue weighted by atomic mass is 10.1. The fraction of sp³-hybridized carbons (Fsp3) is 0.304. The van der Waals surface area contributed by atoms with Crippen LogP contribution >= 0.6 is 0 Å². The van der Waals surface area contributed by atoms with E-state index in [0.717, 1.165) is 10.9 Å². The Morgan fingerprint density at radius 2 is 1.85 bits per heavy atom. The molecule has 0 bridgehead atoms. The fourth-order valence-corrected chi connectivity index (χ4v) is 5.44. The Balaban J connectivity index is 1.54. The van der Waals surface area contributed by atoms with Gasteiger partial charge in [-0.25, -0.2) is 13.2 Å². The molecule has 0 saturated carbocycles. The van der Waals surface area contributed by atoms with Gasteiger partial charge in [-0.3, -0.25) is 4.79 Å². The molecule has 0 radical (unpaired) electrons. The van der Waals surface area contributed by atoms with E-state index < -0.39 is 22.6 Å². The molecule has 0 aliphatic carbocycles. The molecule has 33 heavy (non-hydrogen) atoms. The van der Waals surface area contributed by atoms with Crippen LogP contribution in [0.4, 0.5) is 0 Å². The number of H-pyrrole nitrogens is 1. The maximum atomic E-state index is 13.1. The smallest absolute Gasteiger partial charge is 0.338 e. The fourth-order valence-electron chi connectivity index (χ4n) is 3.85. The number of aromatic nitrogens is 1. The predicted molar refractivity (Wildman–Crippen MR) is 120 cm³/mol. The minimum Gasteiger partial charge on any atom is -0.495 e. The van der Waals surface area contributed by atoms with E-state index in [-0.39, 0.29) is 35.1 Å². The van der Waals surface area contributed by atoms with Crippen LogP contribution in [0.3, 0.4) is 0 Å². The minimum atomic E-state index is -3.91. The van der Waals surface area contributed by atoms with E-state index in [0.29, 0.717) is 24.5 Å². The van der Waals surface area contributed by atoms with Crippen LogP contribution in [0.15, 0.2) is 47.4 Å². The normalized spacial score (nSPS) is 14.8. The summed E-state index contributed by atoms with van der Waals surface area (Å²) in [6, 6.07) is 11.4. The number of rotatable bonds is 7. The number of aromatic amines is 1. The number of ether oxygens (including phenoxy) is 3. The number of aryl methyl sites for hydroxylation is 1. The molecule has 2 heterocycles. The first-order valence-corrected chi connectivity index (χ1v) is 11.8. The van der Waals surface area contributed by atoms with Crippen LogP contribution < -0.4 is 4.74 Å². The molecule has 1 aromatic heterocycles. The maximum Gasteiger partial charge on any atom is 0.338 e. The molecule has 1 N–H and O–H groups in total. The lowest BCUT2D eigenvalue weighted by Gasteiger charge is -2.26. The molecule has 9 nitrogen and oxygen atoms in total. The van der Waals surface area contributed by atoms with E-state index in [1.165, 1.54) is 29.6 Å². The summed E-state index contributed by atoms with van der Waals surface area (Å²) in [5.74, 6) is -1.04. The third kappa shape index (κ3) is 4.50. The maximum absolute atomic E-state index is 13.1. The Kier molecular flexibility index (Phi) is 6.50. The van der Waals surface area contributed by atoms with Crippen LogP contribution in [0.1, 0.15) is 26.4 Å². The third-order valence-corrected chi connectivity index (χ3v) is 7.41. The molecule has 1 aliphatic heterocycles. The highest BCUT2D eigenvalue weighted by Gasteiger charge is 2.30. The molecule has 2 aromatic carbocycles. The number of hydrogen-bond acceptors (Lipinski definition) is 7. The summed E-state index contributed by atoms with van der Waals surface area (Å²) in [6.07, 6.45) is 0. The van der Waals surface area contributed by atoms with Gasteiger partial charge in [-0.1, -0.05) is 18.2 Å². The van der Waals surface area contributed by atoms with E-state index in [4.69, 9.17) is 14.2 Å². The summed E-state index contributed by atoms with van der Waals surface area (Å²) in [5.41, 5.74) is 1.97. The first-order chi connectivity index (χ1) is 15.8. The number of carbonyl (C=O) groups excluding carboxylic acids is 2. The van der Waals surface area contributed by atoms with Crippen molar-refractivity contribution in [1.82, 2.24) is 9.29 Å². The topological polar surface area (TPSA) is 115 Å². The van der Waals surface area contributed by atoms with Crippen LogP contribution in [-0.4, -0.2) is 69.5 Å². The first-order valence-electron chi connectivity index (χ1n) is 10.4. The molecular formula is C23H24N2O7S. The van der Waals surface area contributed by atoms with Crippen molar-refractivity contribution in [3.63, 3.8) is 0 Å². The van der Waals surface area contributed by atoms with Crippen molar-refractivity contribution in [2.24, 2.45) is 0 Å². The number of Topliss-reactive ketones (excluding diaryl/α,β-unsaturated/α-hetero) is 1. The van der Waals surface area contributed by atoms with E-state index in [2.05, 4.69) is 4.98 Å². The quantitative estimate of drug-likeness (QED) is 0.415. The van der Waals surface area contributed by atoms with Crippen molar-refractivity contribution < 1.29 is 32.2 Å². The van der Waals surface area contributed by atoms with E-state index >= 15 is 0 Å². The van der Waals surface area contributed by atoms with Gasteiger partial charge < -0.3 is 19.2 Å². The predicted octanol–water partition coefficient (Wildman–Crippen LogP) is 2.55. The highest BCUT2D eigenvalue weighted by Crippen LogP contribution is 2.29. The number of carbonyl (C=O) groups is 2. The molecule has 0 spiro atoms. The molecule has 4 rings (SSSR count). The van der Waals surface area contributed by atoms with Gasteiger partial charge in [-0.15, -0.1) is 0 Å². The number of methoxy groups -OCH3 is 1. The monoisotopic (exact) mass is 472 g/mol. The van der Waals surface area contributed by atoms with Gasteiger partial charge >= 0.3 is 5.97 Å². The number of nitrogens with one attached hydrogen (secondary N) is 1. The average molecular weight is 473 g/mol. The Labute approximate surface area is 191 Å². The summed E-state index contributed by atoms with van der Waals surface area (Å²) >= 11 is 0. The van der Waals surface area contributed by atoms with E-state index in [1.54, 1.807) is 6.92 Å². The zero-order valence-corrected chi connectivity index (χ0v) is 19.1. The molecule has 174 valence electrons. The highest BCUT2D eigenvalue weighted by atomic mass is 32.2. The Hall–Kier alpha value is -3.21. The molecule has 1 aliphatic rings. The second kappa shape index (κ2) is 9.34. The number of ketones is 1. The van der Waals surface area contributed by atoms with Crippen molar-refractivity contribution >= 4 is 32.7 Å². The molecule has 3 aromatic rings. The van der Waals surface area contributed by atoms with Crippen molar-refractivity contribution in [2.45, 2.75) is 11.8 Å². The summed E-state index contributed by atoms with van der Waals surface area (Å²) in [4.78, 5) is 28.4. The van der Waals surface area contributed by atoms with Crippen molar-refractivity contribution in [2.75, 3.05) is 40.0 Å². The third-order valence-electron chi connectivity index (χ3n) is 5.49. The summed E-state index contributed by atoms with van der Waals surface area (Å²) < 4.78 is 43.2. The van der Waals surface area contributed by atoms with Gasteiger partial charge in [0, 0.05) is 35.2 Å². The number of hydrogen-bond donors (Lipinski definition) is 1. The van der Waals surface area contributed by atoms with Crippen LogP contribution in [-0.2, 0) is 19.5 Å². The van der Waals surface area contributed by atoms with Crippen molar-refractivity contribution in [1.29, 1.82) is 0 Å². The largest absolute Gasteiger partial charge is 0.495 e. The number of nitrogens with zero attached hydrogens (tertiary/aromatic N) is 1. The first kappa shape index (κ1) is 23.0. The van der Waals surface area contributed by atoms with Gasteiger partial charge in [0.1, 0.15) is 10.6 Å². The lowest BCUT2D eigenvalue weighted by molar-refractivity contribution is 0.0474. The number of esters is 1. The van der Waals surface area contributed by atoms with E-state index in [9.17, 15) is 18.0 Å². The molecule has 10 heteroatoms. The van der Waals surface area contributed by atoms with Gasteiger partial charge in [0.25, 0.3) is 0 Å². The van der Waals surface area contributed by atoms with Gasteiger partial charge in [-0.05, 0) is 31.2 Å². The molecule has 0 unspecified atom stereocenters. The van der Waals surface area contributed by atoms with Crippen LogP contribution in [0, 0.1) is 6.92 Å². The Morgan fingerprint density at radius 3 is 2.58 bits per heavy atom. The summed E-state index contributed by atoms with van der Waals surface area (Å²) in [7, 11) is -2.55. The number of benzene rings is 2. The van der Waals surface area contributed by atoms with Crippen molar-refractivity contribution in [3.8, 4) is 5.75 Å². The number of fused-ring (bicyclic) bond motifs is 1. The lowest BCUT2D eigenvalue weighted by Crippen LogP contribution is -2.40. The second-order valence-electron chi connectivity index (χ2n) is 7.55. The highest BCUT2D eigenvalue weighted by molar-refractivity contribution is 7.89. The molecule has 1 fully saturated rings. The summed E-state index contributed by atoms with van der Waals surface area (Å²) in [6.45, 7) is 2.30. The van der Waals surface area contributed by atoms with Crippen molar-refractivity contribution in [3.05, 3.63) is 59.3 Å². The Morgan fingerprint density at radius 1 is 1.12 bits per heavy atom. The molecule has 1 saturated heterocycles. The Bertz CT molecular complexity index is 1310. The zero-order chi connectivity index (χ0) is 23.6. The number of sulfonamides is 1. The number of para-hydroxylation sites is 1. The second-order valence-corrected chi connectivity index (χ2v) is 9.46. The average Bonchev–Trinajstić information content (AvgIpc) is 3.18. The molecular weight excluding hydrogens is 448 g/mol. The standard InChI is InChI=1S/C23H24N2O7S/c1-15-22(17-5-3-4-6-18(17)24-15)19(26)14-32-23(27)16-7-8-20(30-2)21(13-16)33(28,29)25-9-11-31-12-10-25/h3-8,13,24H,9-12,14H2,1-2H3. The van der Waals surface area contributed by atoms with Crippen LogP contribution in [0.25, 0.3) is 10.9 Å². The molecule has 0 amide bonds. The van der Waals surface area contributed by atoms with Gasteiger partial charge in [0.05, 0.1) is 25.9 Å². The minimum absolute atomic E-state index is 0.00563. The van der Waals surface area contributed by atoms with Gasteiger partial charge in [-0.2, -0.15) is 4.31 Å². The summed E-state index contributed by atoms with van der Waals surface area (Å²) in [5, 5.41) is 0.749. The number of morpholine rings is 1. The van der Waals surface area contributed by atoms with Gasteiger partial charge in [0.2, 0.25) is 15.8 Å². The van der Waals surface area contributed by atoms with Crippen LogP contribution in [0.5, 0.6) is 5.75 Å². The van der Waals surface area contributed by atoms with Gasteiger partial charge in [0.15, 0.2) is 6.61 Å².